The lowest BCUT2D eigenvalue weighted by Crippen LogP contribution is -2.55. The maximum Gasteiger partial charge on any atom is 0.293 e. The highest BCUT2D eigenvalue weighted by Gasteiger charge is 2.51. The number of amides is 1. The molecular weight excluding hydrogens is 819 g/mol. The fraction of sp³-hybridized carbons (Fsp3) is 0.458. The van der Waals surface area contributed by atoms with Crippen molar-refractivity contribution in [2.45, 2.75) is 106 Å². The van der Waals surface area contributed by atoms with E-state index in [4.69, 9.17) is 4.74 Å². The van der Waals surface area contributed by atoms with Gasteiger partial charge in [-0.25, -0.2) is 18.1 Å². The molecule has 5 aromatic rings. The molecule has 14 nitrogen and oxygen atoms in total. The molecule has 63 heavy (non-hydrogen) atoms. The number of nitrogens with one attached hydrogen (secondary N) is 3. The van der Waals surface area contributed by atoms with Gasteiger partial charge >= 0.3 is 0 Å². The lowest BCUT2D eigenvalue weighted by Gasteiger charge is -2.50. The highest BCUT2D eigenvalue weighted by Crippen LogP contribution is 2.52. The number of fused-ring (bicyclic) bond motifs is 1. The van der Waals surface area contributed by atoms with Crippen molar-refractivity contribution in [2.24, 2.45) is 11.3 Å². The van der Waals surface area contributed by atoms with Gasteiger partial charge in [-0.15, -0.1) is 0 Å². The zero-order valence-corrected chi connectivity index (χ0v) is 36.4. The second kappa shape index (κ2) is 16.2. The first-order chi connectivity index (χ1) is 30.3. The number of ether oxygens (including phenoxy) is 1. The van der Waals surface area contributed by atoms with Crippen molar-refractivity contribution in [3.8, 4) is 11.5 Å². The number of carbonyl (C=O) groups is 1. The molecular formula is C48H55N7O7S. The summed E-state index contributed by atoms with van der Waals surface area (Å²) in [6.45, 7) is 5.16. The lowest BCUT2D eigenvalue weighted by atomic mass is 9.77. The summed E-state index contributed by atoms with van der Waals surface area (Å²) < 4.78 is 36.0. The number of likely N-dealkylation sites (tertiary alicyclic amines) is 1. The molecule has 5 aliphatic rings. The summed E-state index contributed by atoms with van der Waals surface area (Å²) in [7, 11) is -4.56. The Morgan fingerprint density at radius 3 is 2.56 bits per heavy atom. The van der Waals surface area contributed by atoms with E-state index < -0.39 is 37.0 Å². The zero-order chi connectivity index (χ0) is 43.5. The molecule has 15 heteroatoms. The average Bonchev–Trinajstić information content (AvgIpc) is 3.57. The fourth-order valence-electron chi connectivity index (χ4n) is 10.9. The predicted octanol–water partition coefficient (Wildman–Crippen LogP) is 8.81. The molecule has 2 aromatic heterocycles. The zero-order valence-electron chi connectivity index (χ0n) is 35.6. The summed E-state index contributed by atoms with van der Waals surface area (Å²) in [5.74, 6) is 0.528. The number of benzene rings is 3. The number of sulfonamides is 1. The monoisotopic (exact) mass is 873 g/mol. The molecule has 4 heterocycles. The molecule has 1 amide bonds. The van der Waals surface area contributed by atoms with Crippen LogP contribution in [0.2, 0.25) is 0 Å². The maximum absolute atomic E-state index is 14.0. The quantitative estimate of drug-likeness (QED) is 0.0655. The lowest BCUT2D eigenvalue weighted by molar-refractivity contribution is -0.384. The minimum Gasteiger partial charge on any atom is -0.455 e. The van der Waals surface area contributed by atoms with Gasteiger partial charge in [0.2, 0.25) is 0 Å². The van der Waals surface area contributed by atoms with E-state index in [-0.39, 0.29) is 28.3 Å². The van der Waals surface area contributed by atoms with Crippen molar-refractivity contribution in [1.82, 2.24) is 19.6 Å². The molecule has 2 atom stereocenters. The molecule has 3 aliphatic carbocycles. The van der Waals surface area contributed by atoms with E-state index in [2.05, 4.69) is 54.1 Å². The Hall–Kier alpha value is -5.51. The maximum atomic E-state index is 14.0. The number of rotatable bonds is 13. The number of aliphatic hydroxyl groups is 1. The summed E-state index contributed by atoms with van der Waals surface area (Å²) in [5.41, 5.74) is 3.87. The number of hydrogen-bond acceptors (Lipinski definition) is 11. The van der Waals surface area contributed by atoms with Crippen LogP contribution >= 0.6 is 0 Å². The Bertz CT molecular complexity index is 2660. The Balaban J connectivity index is 0.851. The van der Waals surface area contributed by atoms with Crippen LogP contribution in [-0.4, -0.2) is 77.0 Å². The van der Waals surface area contributed by atoms with Gasteiger partial charge in [0.05, 0.1) is 27.2 Å². The van der Waals surface area contributed by atoms with E-state index in [1.54, 1.807) is 41.7 Å². The van der Waals surface area contributed by atoms with Crippen molar-refractivity contribution in [1.29, 1.82) is 0 Å². The molecule has 0 radical (unpaired) electrons. The molecule has 330 valence electrons. The van der Waals surface area contributed by atoms with Crippen LogP contribution in [0.3, 0.4) is 0 Å². The van der Waals surface area contributed by atoms with Gasteiger partial charge in [0, 0.05) is 66.5 Å². The van der Waals surface area contributed by atoms with E-state index >= 15 is 0 Å². The normalized spacial score (nSPS) is 24.7. The standard InChI is InChI=1S/C48H55N7O7S/c1-47(57)18-14-31(15-19-47)27-50-41-13-11-37(25-43(41)55(58)59)63(60,61)52-46(56)40-12-10-34(24-44(40)62-36-23-33-17-21-49-45(33)51-28-36)53-29-48(30-53)20-16-35(26-48)54-22-4-7-42(54)39-6-3-2-5-38(39)32-8-9-32/h2-3,5-6,10-13,17,21,23-25,28,31-32,35,42,50,57H,4,7-9,14-16,18-20,22,26-27,29-30H2,1H3,(H,49,51)(H,52,56)/t31?,35?,42-,47?/m0/s1. The molecule has 5 fully saturated rings. The molecule has 3 aromatic carbocycles. The summed E-state index contributed by atoms with van der Waals surface area (Å²) in [6.07, 6.45) is 14.7. The number of aromatic amines is 1. The van der Waals surface area contributed by atoms with E-state index in [1.165, 1.54) is 44.2 Å². The van der Waals surface area contributed by atoms with Crippen molar-refractivity contribution >= 4 is 44.0 Å². The molecule has 1 spiro atoms. The third-order valence-corrected chi connectivity index (χ3v) is 15.8. The molecule has 1 unspecified atom stereocenters. The van der Waals surface area contributed by atoms with E-state index in [0.717, 1.165) is 68.4 Å². The molecule has 2 saturated heterocycles. The van der Waals surface area contributed by atoms with Crippen LogP contribution in [0.15, 0.2) is 90.1 Å². The molecule has 3 saturated carbocycles. The largest absolute Gasteiger partial charge is 0.455 e. The van der Waals surface area contributed by atoms with Crippen LogP contribution in [0, 0.1) is 21.4 Å². The number of nitrogens with zero attached hydrogens (tertiary/aromatic N) is 4. The molecule has 10 rings (SSSR count). The highest BCUT2D eigenvalue weighted by molar-refractivity contribution is 7.90. The Morgan fingerprint density at radius 1 is 0.984 bits per heavy atom. The number of nitro benzene ring substituents is 1. The van der Waals surface area contributed by atoms with Gasteiger partial charge in [-0.05, 0) is 143 Å². The first kappa shape index (κ1) is 41.5. The first-order valence-electron chi connectivity index (χ1n) is 22.5. The molecule has 2 aliphatic heterocycles. The summed E-state index contributed by atoms with van der Waals surface area (Å²) in [4.78, 5) is 37.7. The topological polar surface area (TPSA) is 183 Å². The molecule has 0 bridgehead atoms. The number of hydrogen-bond donors (Lipinski definition) is 4. The van der Waals surface area contributed by atoms with Crippen molar-refractivity contribution < 1.29 is 28.0 Å². The smallest absolute Gasteiger partial charge is 0.293 e. The predicted molar refractivity (Wildman–Crippen MR) is 241 cm³/mol. The van der Waals surface area contributed by atoms with Crippen LogP contribution < -0.4 is 19.7 Å². The van der Waals surface area contributed by atoms with Crippen LogP contribution in [0.1, 0.15) is 111 Å². The number of aromatic nitrogens is 2. The van der Waals surface area contributed by atoms with E-state index in [1.807, 2.05) is 19.1 Å². The summed E-state index contributed by atoms with van der Waals surface area (Å²) in [5, 5.41) is 26.4. The third kappa shape index (κ3) is 8.50. The number of anilines is 2. The Morgan fingerprint density at radius 2 is 1.78 bits per heavy atom. The van der Waals surface area contributed by atoms with Crippen LogP contribution in [-0.2, 0) is 10.0 Å². The van der Waals surface area contributed by atoms with Crippen LogP contribution in [0.5, 0.6) is 11.5 Å². The SMILES string of the molecule is CC1(O)CCC(CNc2ccc(S(=O)(=O)NC(=O)c3ccc(N4CC5(CCC(N6CCC[C@H]6c6ccccc6C6CC6)C5)C4)cc3Oc3cnc4[nH]ccc4c3)cc2[N+](=O)[O-])CC1. The fourth-order valence-corrected chi connectivity index (χ4v) is 11.9. The third-order valence-electron chi connectivity index (χ3n) is 14.5. The van der Waals surface area contributed by atoms with Gasteiger partial charge in [0.1, 0.15) is 22.8 Å². The van der Waals surface area contributed by atoms with E-state index in [0.29, 0.717) is 42.9 Å². The van der Waals surface area contributed by atoms with Gasteiger partial charge < -0.3 is 25.0 Å². The average molecular weight is 874 g/mol. The van der Waals surface area contributed by atoms with Crippen LogP contribution in [0.4, 0.5) is 17.1 Å². The summed E-state index contributed by atoms with van der Waals surface area (Å²) in [6, 6.07) is 22.6. The van der Waals surface area contributed by atoms with Crippen molar-refractivity contribution in [3.63, 3.8) is 0 Å². The molecule has 4 N–H and O–H groups in total. The second-order valence-electron chi connectivity index (χ2n) is 19.1. The van der Waals surface area contributed by atoms with Crippen molar-refractivity contribution in [2.75, 3.05) is 36.4 Å². The van der Waals surface area contributed by atoms with Gasteiger partial charge in [0.15, 0.2) is 0 Å². The van der Waals surface area contributed by atoms with Gasteiger partial charge in [-0.2, -0.15) is 0 Å². The van der Waals surface area contributed by atoms with Crippen molar-refractivity contribution in [3.05, 3.63) is 112 Å². The van der Waals surface area contributed by atoms with E-state index in [9.17, 15) is 28.4 Å². The van der Waals surface area contributed by atoms with Gasteiger partial charge in [0.25, 0.3) is 21.6 Å². The van der Waals surface area contributed by atoms with Crippen LogP contribution in [0.25, 0.3) is 11.0 Å². The summed E-state index contributed by atoms with van der Waals surface area (Å²) >= 11 is 0. The first-order valence-corrected chi connectivity index (χ1v) is 24.0. The number of H-pyrrole nitrogens is 1. The number of carbonyl (C=O) groups excluding carboxylic acids is 1. The second-order valence-corrected chi connectivity index (χ2v) is 20.8. The highest BCUT2D eigenvalue weighted by atomic mass is 32.2. The number of pyridine rings is 1. The Labute approximate surface area is 367 Å². The van der Waals surface area contributed by atoms with Gasteiger partial charge in [-0.3, -0.25) is 19.8 Å². The van der Waals surface area contributed by atoms with Gasteiger partial charge in [-0.1, -0.05) is 24.3 Å². The Kier molecular flexibility index (Phi) is 10.7. The number of nitro groups is 1. The minimum atomic E-state index is -4.56. The minimum absolute atomic E-state index is 0.0153.